The lowest BCUT2D eigenvalue weighted by atomic mass is 9.34. The monoisotopic (exact) mass is 492 g/mol. The highest BCUT2D eigenvalue weighted by atomic mass is 16.5. The third-order valence-corrected chi connectivity index (χ3v) is 9.18. The molecule has 0 atom stereocenters. The fourth-order valence-electron chi connectivity index (χ4n) is 6.68. The molecule has 0 unspecified atom stereocenters. The van der Waals surface area contributed by atoms with Crippen molar-refractivity contribution in [3.8, 4) is 23.0 Å². The summed E-state index contributed by atoms with van der Waals surface area (Å²) >= 11 is 0. The molecule has 6 rings (SSSR count). The topological polar surface area (TPSA) is 18.5 Å². The fraction of sp³-hybridized carbons (Fsp3) is 0.471. The van der Waals surface area contributed by atoms with E-state index in [1.165, 1.54) is 51.5 Å². The molecule has 3 aromatic rings. The number of ether oxygens (including phenoxy) is 2. The maximum atomic E-state index is 7.00. The second kappa shape index (κ2) is 8.16. The Labute approximate surface area is 223 Å². The van der Waals surface area contributed by atoms with E-state index in [0.29, 0.717) is 0 Å². The van der Waals surface area contributed by atoms with E-state index < -0.39 is 0 Å². The van der Waals surface area contributed by atoms with Crippen LogP contribution in [-0.2, 0) is 22.7 Å². The summed E-state index contributed by atoms with van der Waals surface area (Å²) < 4.78 is 13.8. The number of hydrogen-bond acceptors (Lipinski definition) is 2. The van der Waals surface area contributed by atoms with Gasteiger partial charge in [0.2, 0.25) is 0 Å². The van der Waals surface area contributed by atoms with Crippen molar-refractivity contribution in [3.63, 3.8) is 0 Å². The molecule has 192 valence electrons. The average molecular weight is 493 g/mol. The highest BCUT2D eigenvalue weighted by molar-refractivity contribution is 6.98. The van der Waals surface area contributed by atoms with Crippen LogP contribution in [-0.4, -0.2) is 6.71 Å². The van der Waals surface area contributed by atoms with Crippen LogP contribution in [0.25, 0.3) is 0 Å². The molecule has 0 N–H and O–H groups in total. The van der Waals surface area contributed by atoms with Gasteiger partial charge < -0.3 is 9.47 Å². The van der Waals surface area contributed by atoms with Gasteiger partial charge in [0.1, 0.15) is 23.0 Å². The summed E-state index contributed by atoms with van der Waals surface area (Å²) in [6, 6.07) is 16.2. The van der Waals surface area contributed by atoms with Crippen LogP contribution in [0.3, 0.4) is 0 Å². The summed E-state index contributed by atoms with van der Waals surface area (Å²) in [5, 5.41) is 0. The summed E-state index contributed by atoms with van der Waals surface area (Å²) in [5.41, 5.74) is 9.34. The highest BCUT2D eigenvalue weighted by Crippen LogP contribution is 2.52. The molecule has 0 aromatic heterocycles. The Morgan fingerprint density at radius 2 is 1.49 bits per heavy atom. The molecule has 3 aromatic carbocycles. The van der Waals surface area contributed by atoms with Crippen LogP contribution in [0.15, 0.2) is 42.5 Å². The zero-order chi connectivity index (χ0) is 26.3. The van der Waals surface area contributed by atoms with E-state index in [9.17, 15) is 0 Å². The minimum atomic E-state index is 0.0448. The Balaban J connectivity index is 1.63. The van der Waals surface area contributed by atoms with Crippen LogP contribution < -0.4 is 25.9 Å². The Morgan fingerprint density at radius 3 is 2.19 bits per heavy atom. The minimum absolute atomic E-state index is 0.0448. The summed E-state index contributed by atoms with van der Waals surface area (Å²) in [5.74, 6) is 4.05. The molecule has 0 bridgehead atoms. The molecule has 0 spiro atoms. The van der Waals surface area contributed by atoms with Crippen molar-refractivity contribution in [2.24, 2.45) is 0 Å². The smallest absolute Gasteiger partial charge is 0.260 e. The van der Waals surface area contributed by atoms with E-state index in [2.05, 4.69) is 97.9 Å². The third kappa shape index (κ3) is 3.84. The van der Waals surface area contributed by atoms with Crippen LogP contribution in [0.2, 0.25) is 0 Å². The molecule has 0 fully saturated rings. The van der Waals surface area contributed by atoms with Crippen molar-refractivity contribution in [1.29, 1.82) is 0 Å². The zero-order valence-corrected chi connectivity index (χ0v) is 24.0. The fourth-order valence-corrected chi connectivity index (χ4v) is 6.68. The third-order valence-electron chi connectivity index (χ3n) is 9.18. The number of benzene rings is 3. The van der Waals surface area contributed by atoms with Gasteiger partial charge in [0, 0.05) is 11.0 Å². The van der Waals surface area contributed by atoms with Gasteiger partial charge in [0.15, 0.2) is 0 Å². The Kier molecular flexibility index (Phi) is 5.44. The van der Waals surface area contributed by atoms with Crippen molar-refractivity contribution in [2.45, 2.75) is 104 Å². The molecule has 0 saturated carbocycles. The van der Waals surface area contributed by atoms with Crippen molar-refractivity contribution in [3.05, 3.63) is 64.7 Å². The Hall–Kier alpha value is -2.68. The molecule has 0 amide bonds. The Morgan fingerprint density at radius 1 is 0.811 bits per heavy atom. The van der Waals surface area contributed by atoms with Gasteiger partial charge in [-0.15, -0.1) is 0 Å². The molecule has 1 aliphatic carbocycles. The second-order valence-electron chi connectivity index (χ2n) is 13.9. The van der Waals surface area contributed by atoms with Crippen LogP contribution in [0.5, 0.6) is 23.0 Å². The summed E-state index contributed by atoms with van der Waals surface area (Å²) in [4.78, 5) is 0. The van der Waals surface area contributed by atoms with E-state index in [1.807, 2.05) is 0 Å². The summed E-state index contributed by atoms with van der Waals surface area (Å²) in [6.07, 6.45) is 5.81. The predicted octanol–water partition coefficient (Wildman–Crippen LogP) is 7.40. The molecule has 3 heteroatoms. The highest BCUT2D eigenvalue weighted by Gasteiger charge is 2.47. The van der Waals surface area contributed by atoms with E-state index in [1.54, 1.807) is 0 Å². The van der Waals surface area contributed by atoms with Gasteiger partial charge in [-0.25, -0.2) is 0 Å². The van der Waals surface area contributed by atoms with E-state index in [4.69, 9.17) is 9.47 Å². The number of rotatable bonds is 3. The van der Waals surface area contributed by atoms with Crippen LogP contribution in [0.1, 0.15) is 103 Å². The minimum Gasteiger partial charge on any atom is -0.458 e. The number of fused-ring (bicyclic) bond motifs is 6. The Bertz CT molecular complexity index is 1410. The molecular formula is C34H41BO2. The molecule has 0 saturated heterocycles. The van der Waals surface area contributed by atoms with Crippen molar-refractivity contribution < 1.29 is 9.47 Å². The average Bonchev–Trinajstić information content (AvgIpc) is 2.84. The maximum Gasteiger partial charge on any atom is 0.260 e. The number of unbranched alkanes of at least 4 members (excludes halogenated alkanes) is 1. The SMILES string of the molecule is CCCCc1ccc2c(c1)Oc1cc3c(c4c1B2c1ccc(C(C)(C)C)cc1O4)C(C)(C)CCC3(C)C. The first-order valence-electron chi connectivity index (χ1n) is 14.3. The van der Waals surface area contributed by atoms with Gasteiger partial charge in [-0.3, -0.25) is 0 Å². The lowest BCUT2D eigenvalue weighted by Crippen LogP contribution is -2.58. The van der Waals surface area contributed by atoms with Gasteiger partial charge in [-0.05, 0) is 87.7 Å². The van der Waals surface area contributed by atoms with Gasteiger partial charge in [0.05, 0.1) is 0 Å². The number of aryl methyl sites for hydroxylation is 1. The van der Waals surface area contributed by atoms with Crippen molar-refractivity contribution in [2.75, 3.05) is 0 Å². The number of hydrogen-bond donors (Lipinski definition) is 0. The second-order valence-corrected chi connectivity index (χ2v) is 13.9. The van der Waals surface area contributed by atoms with Crippen molar-refractivity contribution in [1.82, 2.24) is 0 Å². The molecular weight excluding hydrogens is 451 g/mol. The standard InChI is InChI=1S/C34H41BO2/c1-9-10-11-21-12-14-24-26(18-21)36-28-20-23-29(34(7,8)17-16-33(23,5)6)31-30(28)35(24)25-15-13-22(32(2,3)4)19-27(25)37-31/h12-15,18-20H,9-11,16-17H2,1-8H3. The molecule has 2 nitrogen and oxygen atoms in total. The summed E-state index contributed by atoms with van der Waals surface area (Å²) in [6.45, 7) is 18.7. The predicted molar refractivity (Wildman–Crippen MR) is 157 cm³/mol. The molecule has 2 aliphatic heterocycles. The first-order chi connectivity index (χ1) is 17.4. The van der Waals surface area contributed by atoms with Crippen LogP contribution in [0, 0.1) is 0 Å². The molecule has 37 heavy (non-hydrogen) atoms. The van der Waals surface area contributed by atoms with Crippen molar-refractivity contribution >= 4 is 23.1 Å². The first-order valence-corrected chi connectivity index (χ1v) is 14.3. The van der Waals surface area contributed by atoms with Gasteiger partial charge in [-0.1, -0.05) is 86.1 Å². The zero-order valence-electron chi connectivity index (χ0n) is 24.0. The molecule has 0 radical (unpaired) electrons. The van der Waals surface area contributed by atoms with Crippen LogP contribution in [0.4, 0.5) is 0 Å². The lowest BCUT2D eigenvalue weighted by Gasteiger charge is -2.45. The van der Waals surface area contributed by atoms with Gasteiger partial charge >= 0.3 is 0 Å². The van der Waals surface area contributed by atoms with Crippen LogP contribution >= 0.6 is 0 Å². The van der Waals surface area contributed by atoms with E-state index in [-0.39, 0.29) is 23.0 Å². The largest absolute Gasteiger partial charge is 0.458 e. The first kappa shape index (κ1) is 24.6. The molecule has 3 aliphatic rings. The van der Waals surface area contributed by atoms with E-state index in [0.717, 1.165) is 42.3 Å². The summed E-state index contributed by atoms with van der Waals surface area (Å²) in [7, 11) is 0. The maximum absolute atomic E-state index is 7.00. The van der Waals surface area contributed by atoms with E-state index >= 15 is 0 Å². The van der Waals surface area contributed by atoms with Gasteiger partial charge in [-0.2, -0.15) is 0 Å². The molecule has 2 heterocycles. The van der Waals surface area contributed by atoms with Gasteiger partial charge in [0.25, 0.3) is 6.71 Å². The normalized spacial score (nSPS) is 18.1. The quantitative estimate of drug-likeness (QED) is 0.244. The lowest BCUT2D eigenvalue weighted by molar-refractivity contribution is 0.318.